The summed E-state index contributed by atoms with van der Waals surface area (Å²) in [4.78, 5) is 53.2. The van der Waals surface area contributed by atoms with Crippen molar-refractivity contribution in [1.82, 2.24) is 5.32 Å². The lowest BCUT2D eigenvalue weighted by molar-refractivity contribution is 0.0306. The van der Waals surface area contributed by atoms with Gasteiger partial charge < -0.3 is 53.8 Å². The molecule has 0 heterocycles. The number of nitrogens with one attached hydrogen (secondary N) is 1. The first-order valence-electron chi connectivity index (χ1n) is 11.6. The highest BCUT2D eigenvalue weighted by Crippen LogP contribution is 2.09. The third kappa shape index (κ3) is 26.2. The summed E-state index contributed by atoms with van der Waals surface area (Å²) >= 11 is 0. The molecule has 0 rings (SSSR count). The Hall–Kier alpha value is -0.00623. The van der Waals surface area contributed by atoms with Gasteiger partial charge in [-0.15, -0.1) is 0 Å². The van der Waals surface area contributed by atoms with Crippen LogP contribution in [-0.4, -0.2) is 108 Å². The number of hydrogen-bond acceptors (Lipinski definition) is 11. The second-order valence-electron chi connectivity index (χ2n) is 8.33. The molecule has 11 nitrogen and oxygen atoms in total. The van der Waals surface area contributed by atoms with Crippen molar-refractivity contribution in [2.24, 2.45) is 0 Å². The summed E-state index contributed by atoms with van der Waals surface area (Å²) in [6.07, 6.45) is 6.49. The van der Waals surface area contributed by atoms with Crippen LogP contribution in [0.2, 0.25) is 12.1 Å². The molecule has 0 aromatic heterocycles. The van der Waals surface area contributed by atoms with Gasteiger partial charge >= 0.3 is 17.6 Å². The van der Waals surface area contributed by atoms with Crippen molar-refractivity contribution in [1.29, 1.82) is 0 Å². The molecule has 0 saturated heterocycles. The fraction of sp³-hybridized carbons (Fsp3) is 1.00. The third-order valence-electron chi connectivity index (χ3n) is 4.74. The van der Waals surface area contributed by atoms with E-state index in [4.69, 9.17) is 38.2 Å². The van der Waals surface area contributed by atoms with E-state index in [1.165, 1.54) is 0 Å². The lowest BCUT2D eigenvalue weighted by Crippen LogP contribution is -2.34. The molecule has 0 radical (unpaired) electrons. The first-order valence-corrected chi connectivity index (χ1v) is 15.7. The second-order valence-corrected chi connectivity index (χ2v) is 12.4. The molecule has 13 heteroatoms. The highest BCUT2D eigenvalue weighted by atomic mass is 28.4. The third-order valence-corrected chi connectivity index (χ3v) is 6.79. The van der Waals surface area contributed by atoms with Crippen molar-refractivity contribution < 1.29 is 48.5 Å². The number of aliphatic hydroxyl groups excluding tert-OH is 2. The average Bonchev–Trinajstić information content (AvgIpc) is 2.67. The Morgan fingerprint density at radius 1 is 0.594 bits per heavy atom. The van der Waals surface area contributed by atoms with E-state index in [0.717, 1.165) is 45.1 Å². The molecule has 2 atom stereocenters. The summed E-state index contributed by atoms with van der Waals surface area (Å²) in [6, 6.07) is -0.123. The molecule has 0 amide bonds. The maximum atomic E-state index is 9.84. The van der Waals surface area contributed by atoms with Crippen LogP contribution in [0.4, 0.5) is 0 Å². The highest BCUT2D eigenvalue weighted by Gasteiger charge is 2.26. The van der Waals surface area contributed by atoms with Crippen LogP contribution >= 0.6 is 0 Å². The van der Waals surface area contributed by atoms with Crippen LogP contribution in [-0.2, 0) is 9.47 Å². The summed E-state index contributed by atoms with van der Waals surface area (Å²) in [6.45, 7) is 2.17. The monoisotopic (exact) mass is 503 g/mol. The zero-order chi connectivity index (χ0) is 24.3. The molecule has 0 spiro atoms. The van der Waals surface area contributed by atoms with E-state index in [2.05, 4.69) is 5.32 Å². The predicted molar refractivity (Wildman–Crippen MR) is 123 cm³/mol. The number of unbranched alkanes of at least 4 members (excludes halogenated alkanes) is 5. The van der Waals surface area contributed by atoms with Gasteiger partial charge in [0.25, 0.3) is 0 Å². The average molecular weight is 504 g/mol. The quantitative estimate of drug-likeness (QED) is 0.0593. The van der Waals surface area contributed by atoms with Crippen LogP contribution in [0.3, 0.4) is 0 Å². The molecule has 32 heavy (non-hydrogen) atoms. The maximum absolute atomic E-state index is 9.84. The summed E-state index contributed by atoms with van der Waals surface area (Å²) in [5.41, 5.74) is 0. The fourth-order valence-corrected chi connectivity index (χ4v) is 4.25. The minimum Gasteiger partial charge on any atom is -0.391 e. The highest BCUT2D eigenvalue weighted by molar-refractivity contribution is 6.56. The van der Waals surface area contributed by atoms with E-state index in [0.29, 0.717) is 25.8 Å². The molecule has 194 valence electrons. The standard InChI is InChI=1S/C19H45NO10Si2/c21-18(16-29-11-7-13-31(23,24)25)9-5-3-1-2-4-6-10-20-15-19(22)17-30-12-8-14-32(26,27)28/h18-28H,1-17H2. The molecule has 0 bridgehead atoms. The van der Waals surface area contributed by atoms with Crippen LogP contribution < -0.4 is 5.32 Å². The molecule has 0 aliphatic rings. The van der Waals surface area contributed by atoms with Crippen LogP contribution in [0, 0.1) is 0 Å². The SMILES string of the molecule is OC(CCCCCCCCNCC(O)COCCC[Si](O)(O)O)COCCC[Si](O)(O)O. The predicted octanol–water partition coefficient (Wildman–Crippen LogP) is -1.33. The Morgan fingerprint density at radius 2 is 1.06 bits per heavy atom. The van der Waals surface area contributed by atoms with E-state index < -0.39 is 29.8 Å². The van der Waals surface area contributed by atoms with Gasteiger partial charge in [0.15, 0.2) is 0 Å². The van der Waals surface area contributed by atoms with E-state index in [1.807, 2.05) is 0 Å². The lowest BCUT2D eigenvalue weighted by Gasteiger charge is -2.13. The molecule has 0 saturated carbocycles. The molecular formula is C19H45NO10Si2. The Labute approximate surface area is 193 Å². The molecule has 9 N–H and O–H groups in total. The summed E-state index contributed by atoms with van der Waals surface area (Å²) in [5.74, 6) is 0. The lowest BCUT2D eigenvalue weighted by atomic mass is 10.1. The minimum atomic E-state index is -3.99. The molecule has 0 aromatic rings. The number of hydrogen-bond donors (Lipinski definition) is 9. The van der Waals surface area contributed by atoms with Crippen LogP contribution in [0.5, 0.6) is 0 Å². The van der Waals surface area contributed by atoms with Gasteiger partial charge in [-0.1, -0.05) is 32.1 Å². The minimum absolute atomic E-state index is 0.0560. The summed E-state index contributed by atoms with van der Waals surface area (Å²) < 4.78 is 10.5. The van der Waals surface area contributed by atoms with Crippen molar-refractivity contribution in [3.63, 3.8) is 0 Å². The van der Waals surface area contributed by atoms with Gasteiger partial charge in [-0.05, 0) is 32.2 Å². The van der Waals surface area contributed by atoms with Crippen LogP contribution in [0.15, 0.2) is 0 Å². The van der Waals surface area contributed by atoms with E-state index >= 15 is 0 Å². The first-order chi connectivity index (χ1) is 15.0. The maximum Gasteiger partial charge on any atom is 0.492 e. The van der Waals surface area contributed by atoms with Gasteiger partial charge in [-0.25, -0.2) is 0 Å². The van der Waals surface area contributed by atoms with Crippen molar-refractivity contribution >= 4 is 17.6 Å². The van der Waals surface area contributed by atoms with E-state index in [9.17, 15) is 10.2 Å². The van der Waals surface area contributed by atoms with Gasteiger partial charge in [-0.3, -0.25) is 0 Å². The van der Waals surface area contributed by atoms with Gasteiger partial charge in [0.1, 0.15) is 0 Å². The number of ether oxygens (including phenoxy) is 2. The zero-order valence-electron chi connectivity index (χ0n) is 19.1. The van der Waals surface area contributed by atoms with Gasteiger partial charge in [0.05, 0.1) is 25.4 Å². The normalized spacial score (nSPS) is 14.6. The molecule has 0 aliphatic carbocycles. The topological polar surface area (TPSA) is 192 Å². The van der Waals surface area contributed by atoms with Crippen molar-refractivity contribution in [3.8, 4) is 0 Å². The Bertz CT molecular complexity index is 386. The molecule has 0 aliphatic heterocycles. The van der Waals surface area contributed by atoms with Crippen LogP contribution in [0.25, 0.3) is 0 Å². The first kappa shape index (κ1) is 32.0. The summed E-state index contributed by atoms with van der Waals surface area (Å²) in [7, 11) is -7.96. The van der Waals surface area contributed by atoms with Crippen molar-refractivity contribution in [2.75, 3.05) is 39.5 Å². The molecule has 0 aromatic carbocycles. The van der Waals surface area contributed by atoms with Crippen molar-refractivity contribution in [3.05, 3.63) is 0 Å². The van der Waals surface area contributed by atoms with Gasteiger partial charge in [0, 0.05) is 31.8 Å². The summed E-state index contributed by atoms with van der Waals surface area (Å²) in [5, 5.41) is 22.8. The molecule has 0 fully saturated rings. The fourth-order valence-electron chi connectivity index (χ4n) is 3.01. The Kier molecular flexibility index (Phi) is 19.3. The largest absolute Gasteiger partial charge is 0.492 e. The number of aliphatic hydroxyl groups is 2. The molecular weight excluding hydrogens is 458 g/mol. The van der Waals surface area contributed by atoms with E-state index in [-0.39, 0.29) is 38.5 Å². The van der Waals surface area contributed by atoms with E-state index in [1.54, 1.807) is 0 Å². The van der Waals surface area contributed by atoms with Gasteiger partial charge in [0.2, 0.25) is 0 Å². The zero-order valence-corrected chi connectivity index (χ0v) is 21.1. The van der Waals surface area contributed by atoms with Crippen molar-refractivity contribution in [2.45, 2.75) is 82.1 Å². The Morgan fingerprint density at radius 3 is 1.59 bits per heavy atom. The Balaban J connectivity index is 3.31. The van der Waals surface area contributed by atoms with Gasteiger partial charge in [-0.2, -0.15) is 0 Å². The smallest absolute Gasteiger partial charge is 0.391 e. The molecule has 2 unspecified atom stereocenters. The number of rotatable bonds is 23. The second kappa shape index (κ2) is 19.3. The van der Waals surface area contributed by atoms with Crippen LogP contribution in [0.1, 0.15) is 57.8 Å².